The van der Waals surface area contributed by atoms with Crippen molar-refractivity contribution in [2.75, 3.05) is 0 Å². The molecule has 1 N–H and O–H groups in total. The molecule has 0 saturated carbocycles. The smallest absolute Gasteiger partial charge is 1.00 e. The number of fused-ring (bicyclic) bond motifs is 1. The van der Waals surface area contributed by atoms with E-state index in [0.717, 1.165) is 6.29 Å². The first-order valence-corrected chi connectivity index (χ1v) is 5.57. The minimum Gasteiger partial charge on any atom is -1.00 e. The third-order valence-electron chi connectivity index (χ3n) is 1.65. The molecule has 82 valence electrons. The summed E-state index contributed by atoms with van der Waals surface area (Å²) in [5.41, 5.74) is 0.220. The summed E-state index contributed by atoms with van der Waals surface area (Å²) in [6, 6.07) is 6.09. The molecule has 1 aromatic rings. The number of hydrogen-bond acceptors (Lipinski definition) is 4. The van der Waals surface area contributed by atoms with Crippen molar-refractivity contribution in [1.82, 2.24) is 4.72 Å². The van der Waals surface area contributed by atoms with E-state index >= 15 is 0 Å². The van der Waals surface area contributed by atoms with Crippen molar-refractivity contribution in [1.29, 1.82) is 0 Å². The summed E-state index contributed by atoms with van der Waals surface area (Å²) in [6.45, 7) is 1.44. The van der Waals surface area contributed by atoms with Gasteiger partial charge in [0.05, 0.1) is 5.56 Å². The van der Waals surface area contributed by atoms with E-state index in [1.807, 2.05) is 4.72 Å². The summed E-state index contributed by atoms with van der Waals surface area (Å²) < 4.78 is 24.2. The molecule has 1 amide bonds. The average molecular weight is 251 g/mol. The minimum atomic E-state index is -3.55. The van der Waals surface area contributed by atoms with Gasteiger partial charge < -0.3 is 6.22 Å². The van der Waals surface area contributed by atoms with Gasteiger partial charge in [-0.1, -0.05) is 12.1 Å². The molecule has 0 radical (unpaired) electrons. The zero-order chi connectivity index (χ0) is 11.5. The molecule has 1 aliphatic heterocycles. The predicted molar refractivity (Wildman–Crippen MR) is 53.9 cm³/mol. The molecule has 16 heavy (non-hydrogen) atoms. The van der Waals surface area contributed by atoms with E-state index in [9.17, 15) is 13.2 Å². The first-order chi connectivity index (χ1) is 7.03. The van der Waals surface area contributed by atoms with Crippen molar-refractivity contribution in [2.24, 2.45) is 0 Å². The molecule has 1 aliphatic rings. The fraction of sp³-hybridized carbons (Fsp3) is 0.111. The molecular weight excluding hydrogens is 241 g/mol. The Labute approximate surface area is 117 Å². The van der Waals surface area contributed by atoms with Crippen molar-refractivity contribution in [3.8, 4) is 0 Å². The van der Waals surface area contributed by atoms with E-state index < -0.39 is 15.9 Å². The van der Waals surface area contributed by atoms with Crippen LogP contribution >= 0.6 is 0 Å². The fourth-order valence-corrected chi connectivity index (χ4v) is 2.29. The van der Waals surface area contributed by atoms with Crippen LogP contribution < -0.4 is 34.3 Å². The minimum absolute atomic E-state index is 0. The van der Waals surface area contributed by atoms with E-state index in [4.69, 9.17) is 4.79 Å². The van der Waals surface area contributed by atoms with Gasteiger partial charge in [0.15, 0.2) is 0 Å². The maximum absolute atomic E-state index is 11.1. The first-order valence-electron chi connectivity index (χ1n) is 4.09. The van der Waals surface area contributed by atoms with E-state index in [-0.39, 0.29) is 41.4 Å². The van der Waals surface area contributed by atoms with Gasteiger partial charge in [0.25, 0.3) is 15.9 Å². The average Bonchev–Trinajstić information content (AvgIpc) is 2.40. The summed E-state index contributed by atoms with van der Waals surface area (Å²) >= 11 is 0. The van der Waals surface area contributed by atoms with E-state index in [2.05, 4.69) is 0 Å². The van der Waals surface area contributed by atoms with Gasteiger partial charge in [-0.15, -0.1) is 0 Å². The molecule has 0 aliphatic carbocycles. The van der Waals surface area contributed by atoms with Gasteiger partial charge in [-0.05, 0) is 19.1 Å². The van der Waals surface area contributed by atoms with Crippen molar-refractivity contribution in [2.45, 2.75) is 11.8 Å². The van der Waals surface area contributed by atoms with Gasteiger partial charge in [0.2, 0.25) is 0 Å². The van der Waals surface area contributed by atoms with Gasteiger partial charge >= 0.3 is 29.6 Å². The zero-order valence-corrected chi connectivity index (χ0v) is 11.7. The first kappa shape index (κ1) is 15.3. The fourth-order valence-electron chi connectivity index (χ4n) is 1.12. The molecule has 1 aromatic carbocycles. The van der Waals surface area contributed by atoms with Crippen LogP contribution in [0.4, 0.5) is 0 Å². The number of hydrogen-bond donors (Lipinski definition) is 1. The predicted octanol–water partition coefficient (Wildman–Crippen LogP) is -2.56. The summed E-state index contributed by atoms with van der Waals surface area (Å²) in [7, 11) is -3.55. The SMILES string of the molecule is CC=O.O=C1NS(=O)(=O)c2ccccc21.[H-].[Na+]. The summed E-state index contributed by atoms with van der Waals surface area (Å²) in [5.74, 6) is -0.550. The van der Waals surface area contributed by atoms with Crippen LogP contribution in [0.25, 0.3) is 0 Å². The molecule has 0 fully saturated rings. The number of rotatable bonds is 0. The standard InChI is InChI=1S/C7H5NO3S.C2H4O.Na.H/c9-7-5-3-1-2-4-6(5)12(10,11)8-7;1-2-3;;/h1-4H,(H,8,9);2H,1H3;;/q;;+1;-1. The van der Waals surface area contributed by atoms with Gasteiger partial charge in [0.1, 0.15) is 11.2 Å². The van der Waals surface area contributed by atoms with Crippen LogP contribution in [-0.4, -0.2) is 20.6 Å². The number of nitrogens with one attached hydrogen (secondary N) is 1. The molecule has 7 heteroatoms. The number of sulfonamides is 1. The molecule has 2 rings (SSSR count). The quantitative estimate of drug-likeness (QED) is 0.406. The number of carbonyl (C=O) groups is 2. The second-order valence-corrected chi connectivity index (χ2v) is 4.32. The van der Waals surface area contributed by atoms with Crippen LogP contribution in [-0.2, 0) is 14.8 Å². The Hall–Kier alpha value is -0.690. The van der Waals surface area contributed by atoms with Crippen molar-refractivity contribution >= 4 is 22.2 Å². The van der Waals surface area contributed by atoms with Crippen LogP contribution in [0.5, 0.6) is 0 Å². The summed E-state index contributed by atoms with van der Waals surface area (Å²) in [6.07, 6.45) is 0.750. The third kappa shape index (κ3) is 3.15. The molecule has 0 saturated heterocycles. The summed E-state index contributed by atoms with van der Waals surface area (Å²) in [4.78, 5) is 19.9. The molecule has 0 unspecified atom stereocenters. The normalized spacial score (nSPS) is 14.7. The molecule has 0 aromatic heterocycles. The molecular formula is C9H10NNaO4S. The molecule has 0 atom stereocenters. The van der Waals surface area contributed by atoms with Crippen LogP contribution in [0.3, 0.4) is 0 Å². The number of benzene rings is 1. The molecule has 1 heterocycles. The maximum atomic E-state index is 11.1. The Morgan fingerprint density at radius 3 is 2.31 bits per heavy atom. The Kier molecular flexibility index (Phi) is 5.88. The van der Waals surface area contributed by atoms with Crippen molar-refractivity contribution < 1.29 is 49.0 Å². The molecule has 5 nitrogen and oxygen atoms in total. The van der Waals surface area contributed by atoms with E-state index in [1.54, 1.807) is 12.1 Å². The van der Waals surface area contributed by atoms with Gasteiger partial charge in [-0.2, -0.15) is 0 Å². The second-order valence-electron chi connectivity index (χ2n) is 2.67. The van der Waals surface area contributed by atoms with Crippen LogP contribution in [0.2, 0.25) is 0 Å². The topological polar surface area (TPSA) is 80.3 Å². The number of aldehydes is 1. The zero-order valence-electron chi connectivity index (χ0n) is 9.93. The Morgan fingerprint density at radius 1 is 1.31 bits per heavy atom. The largest absolute Gasteiger partial charge is 1.00 e. The number of amides is 1. The van der Waals surface area contributed by atoms with Crippen molar-refractivity contribution in [3.05, 3.63) is 29.8 Å². The van der Waals surface area contributed by atoms with E-state index in [1.165, 1.54) is 19.1 Å². The van der Waals surface area contributed by atoms with Crippen LogP contribution in [0.1, 0.15) is 18.7 Å². The van der Waals surface area contributed by atoms with Crippen LogP contribution in [0, 0.1) is 0 Å². The second kappa shape index (κ2) is 6.15. The van der Waals surface area contributed by atoms with Gasteiger partial charge in [0, 0.05) is 0 Å². The molecule has 0 spiro atoms. The summed E-state index contributed by atoms with van der Waals surface area (Å²) in [5, 5.41) is 0. The van der Waals surface area contributed by atoms with Crippen molar-refractivity contribution in [3.63, 3.8) is 0 Å². The van der Waals surface area contributed by atoms with Crippen LogP contribution in [0.15, 0.2) is 29.2 Å². The number of carbonyl (C=O) groups excluding carboxylic acids is 2. The molecule has 0 bridgehead atoms. The Balaban J connectivity index is 0. The third-order valence-corrected chi connectivity index (χ3v) is 3.04. The van der Waals surface area contributed by atoms with Gasteiger partial charge in [-0.25, -0.2) is 13.1 Å². The maximum Gasteiger partial charge on any atom is 1.00 e. The Bertz CT molecular complexity index is 503. The monoisotopic (exact) mass is 251 g/mol. The van der Waals surface area contributed by atoms with Gasteiger partial charge in [-0.3, -0.25) is 4.79 Å². The Morgan fingerprint density at radius 2 is 1.81 bits per heavy atom. The van der Waals surface area contributed by atoms with E-state index in [0.29, 0.717) is 0 Å².